The molecule has 0 aliphatic carbocycles. The molecule has 0 aliphatic heterocycles. The summed E-state index contributed by atoms with van der Waals surface area (Å²) >= 11 is 0. The van der Waals surface area contributed by atoms with Crippen LogP contribution in [0.15, 0.2) is 24.3 Å². The van der Waals surface area contributed by atoms with Crippen molar-refractivity contribution in [1.29, 1.82) is 0 Å². The van der Waals surface area contributed by atoms with Crippen molar-refractivity contribution in [3.8, 4) is 0 Å². The fourth-order valence-corrected chi connectivity index (χ4v) is 3.67. The van der Waals surface area contributed by atoms with E-state index in [0.29, 0.717) is 0 Å². The number of hydrogen-bond donors (Lipinski definition) is 0. The Bertz CT molecular complexity index is 812. The van der Waals surface area contributed by atoms with Gasteiger partial charge in [-0.3, -0.25) is 0 Å². The molecule has 0 N–H and O–H groups in total. The van der Waals surface area contributed by atoms with Crippen LogP contribution in [0.3, 0.4) is 0 Å². The predicted molar refractivity (Wildman–Crippen MR) is 104 cm³/mol. The summed E-state index contributed by atoms with van der Waals surface area (Å²) in [7, 11) is 0. The van der Waals surface area contributed by atoms with E-state index in [-0.39, 0.29) is 60.2 Å². The molecule has 0 fully saturated rings. The zero-order valence-corrected chi connectivity index (χ0v) is 22.9. The molecule has 3 heteroatoms. The molecule has 0 aromatic heterocycles. The molecule has 0 atom stereocenters. The van der Waals surface area contributed by atoms with E-state index in [1.807, 2.05) is 0 Å². The molecule has 26 heavy (non-hydrogen) atoms. The quantitative estimate of drug-likeness (QED) is 0.387. The Morgan fingerprint density at radius 2 is 1.31 bits per heavy atom. The van der Waals surface area contributed by atoms with Crippen molar-refractivity contribution in [3.63, 3.8) is 0 Å². The molecule has 0 aliphatic rings. The number of fused-ring (bicyclic) bond motifs is 1. The summed E-state index contributed by atoms with van der Waals surface area (Å²) in [5.41, 5.74) is 11.6. The third-order valence-electron chi connectivity index (χ3n) is 5.26. The molecule has 0 spiro atoms. The van der Waals surface area contributed by atoms with Gasteiger partial charge in [0.05, 0.1) is 0 Å². The van der Waals surface area contributed by atoms with Gasteiger partial charge >= 0.3 is 26.2 Å². The molecule has 0 heterocycles. The van der Waals surface area contributed by atoms with Crippen LogP contribution in [-0.4, -0.2) is 0 Å². The Kier molecular flexibility index (Phi) is 12.8. The van der Waals surface area contributed by atoms with Crippen molar-refractivity contribution >= 4 is 10.8 Å². The molecular formula is C23H30Br2Zr. The van der Waals surface area contributed by atoms with Crippen LogP contribution >= 0.6 is 0 Å². The molecule has 140 valence electrons. The molecule has 0 radical (unpaired) electrons. The van der Waals surface area contributed by atoms with Crippen LogP contribution in [0.5, 0.6) is 0 Å². The molecular weight excluding hydrogens is 527 g/mol. The Labute approximate surface area is 200 Å². The Morgan fingerprint density at radius 1 is 0.808 bits per heavy atom. The van der Waals surface area contributed by atoms with Crippen LogP contribution in [0.25, 0.3) is 10.8 Å². The molecule has 0 bridgehead atoms. The molecule has 0 unspecified atom stereocenters. The van der Waals surface area contributed by atoms with E-state index in [9.17, 15) is 0 Å². The minimum Gasteiger partial charge on any atom is -1.00 e. The Balaban J connectivity index is 0. The zero-order valence-electron chi connectivity index (χ0n) is 17.3. The Morgan fingerprint density at radius 3 is 1.73 bits per heavy atom. The predicted octanol–water partition coefficient (Wildman–Crippen LogP) is 0.691. The van der Waals surface area contributed by atoms with Crippen molar-refractivity contribution in [2.75, 3.05) is 0 Å². The minimum atomic E-state index is 0. The van der Waals surface area contributed by atoms with Crippen molar-refractivity contribution in [3.05, 3.63) is 68.8 Å². The number of aryl methyl sites for hydroxylation is 3. The topological polar surface area (TPSA) is 0 Å². The largest absolute Gasteiger partial charge is 4.00 e. The summed E-state index contributed by atoms with van der Waals surface area (Å²) in [4.78, 5) is 0. The summed E-state index contributed by atoms with van der Waals surface area (Å²) in [6, 6.07) is 8.98. The van der Waals surface area contributed by atoms with Crippen molar-refractivity contribution in [2.45, 2.75) is 61.8 Å². The summed E-state index contributed by atoms with van der Waals surface area (Å²) in [6.07, 6.45) is 1.17. The average molecular weight is 558 g/mol. The number of rotatable bonds is 1. The van der Waals surface area contributed by atoms with Crippen LogP contribution in [0.1, 0.15) is 51.4 Å². The third-order valence-corrected chi connectivity index (χ3v) is 5.26. The van der Waals surface area contributed by atoms with Gasteiger partial charge in [-0.25, -0.2) is 0 Å². The van der Waals surface area contributed by atoms with E-state index in [0.717, 1.165) is 0 Å². The summed E-state index contributed by atoms with van der Waals surface area (Å²) in [5, 5.41) is 2.78. The van der Waals surface area contributed by atoms with E-state index in [4.69, 9.17) is 0 Å². The first-order valence-electron chi connectivity index (χ1n) is 8.62. The molecule has 0 amide bonds. The van der Waals surface area contributed by atoms with E-state index in [2.05, 4.69) is 79.7 Å². The van der Waals surface area contributed by atoms with Crippen LogP contribution in [0.4, 0.5) is 0 Å². The second-order valence-corrected chi connectivity index (χ2v) is 6.95. The monoisotopic (exact) mass is 554 g/mol. The number of hydrogen-bond acceptors (Lipinski definition) is 0. The molecule has 3 aromatic carbocycles. The van der Waals surface area contributed by atoms with Crippen molar-refractivity contribution < 1.29 is 60.2 Å². The first-order valence-corrected chi connectivity index (χ1v) is 8.62. The third kappa shape index (κ3) is 6.01. The standard InChI is InChI=1S/C12H13.C11H17.2BrH.Zr/c1-8-4-10(3)12-7-9(2)6-11(12)5-8;1-6-11-9(4)7(2)8(3)10(11)5;;;/h4-7H,1-3H3;6H2,1-5H3;2*1H;/q2*-1;;;+4/p-2. The van der Waals surface area contributed by atoms with Crippen LogP contribution in [0, 0.1) is 48.5 Å². The summed E-state index contributed by atoms with van der Waals surface area (Å²) in [5.74, 6) is 0. The van der Waals surface area contributed by atoms with Crippen LogP contribution in [0.2, 0.25) is 0 Å². The smallest absolute Gasteiger partial charge is 1.00 e. The molecule has 0 nitrogen and oxygen atoms in total. The second kappa shape index (κ2) is 11.8. The maximum Gasteiger partial charge on any atom is 4.00 e. The number of benzene rings is 1. The minimum absolute atomic E-state index is 0. The van der Waals surface area contributed by atoms with Crippen molar-refractivity contribution in [2.24, 2.45) is 0 Å². The average Bonchev–Trinajstić information content (AvgIpc) is 2.94. The first-order chi connectivity index (χ1) is 10.8. The normalized spacial score (nSPS) is 9.54. The summed E-state index contributed by atoms with van der Waals surface area (Å²) < 4.78 is 0. The van der Waals surface area contributed by atoms with Gasteiger partial charge in [-0.05, 0) is 13.8 Å². The fraction of sp³-hybridized carbons (Fsp3) is 0.391. The molecule has 0 saturated carbocycles. The van der Waals surface area contributed by atoms with Gasteiger partial charge in [0.1, 0.15) is 0 Å². The van der Waals surface area contributed by atoms with Crippen LogP contribution < -0.4 is 34.0 Å². The van der Waals surface area contributed by atoms with Crippen molar-refractivity contribution in [1.82, 2.24) is 0 Å². The van der Waals surface area contributed by atoms with E-state index >= 15 is 0 Å². The molecule has 0 saturated heterocycles. The van der Waals surface area contributed by atoms with Gasteiger partial charge in [-0.1, -0.05) is 65.2 Å². The molecule has 3 rings (SSSR count). The summed E-state index contributed by atoms with van der Waals surface area (Å²) in [6.45, 7) is 17.6. The Hall–Kier alpha value is 0.0231. The maximum atomic E-state index is 2.25. The van der Waals surface area contributed by atoms with Gasteiger partial charge < -0.3 is 34.0 Å². The van der Waals surface area contributed by atoms with Gasteiger partial charge in [0.25, 0.3) is 0 Å². The van der Waals surface area contributed by atoms with Gasteiger partial charge in [0, 0.05) is 0 Å². The van der Waals surface area contributed by atoms with E-state index < -0.39 is 0 Å². The SMILES string of the molecule is CC[c-]1c(C)c(C)c(C)c1C.Cc1cc(C)c2cc(C)[cH-]c2c1.[Br-].[Br-].[Zr+4]. The first kappa shape index (κ1) is 28.2. The van der Waals surface area contributed by atoms with Crippen LogP contribution in [-0.2, 0) is 32.6 Å². The second-order valence-electron chi connectivity index (χ2n) is 6.95. The van der Waals surface area contributed by atoms with E-state index in [1.54, 1.807) is 5.56 Å². The van der Waals surface area contributed by atoms with Gasteiger partial charge in [0.15, 0.2) is 0 Å². The van der Waals surface area contributed by atoms with Gasteiger partial charge in [-0.15, -0.1) is 28.5 Å². The molecule has 3 aromatic rings. The fourth-order valence-electron chi connectivity index (χ4n) is 3.67. The van der Waals surface area contributed by atoms with Gasteiger partial charge in [0.2, 0.25) is 0 Å². The number of halogens is 2. The maximum absolute atomic E-state index is 2.25. The van der Waals surface area contributed by atoms with E-state index in [1.165, 1.54) is 56.1 Å². The van der Waals surface area contributed by atoms with Gasteiger partial charge in [-0.2, -0.15) is 33.9 Å². The zero-order chi connectivity index (χ0) is 17.3.